The Balaban J connectivity index is 1.30. The minimum atomic E-state index is -0.359. The van der Waals surface area contributed by atoms with Crippen molar-refractivity contribution in [3.63, 3.8) is 0 Å². The molecule has 168 valence electrons. The number of hydrogen-bond acceptors (Lipinski definition) is 5. The zero-order valence-electron chi connectivity index (χ0n) is 18.2. The van der Waals surface area contributed by atoms with E-state index in [2.05, 4.69) is 21.7 Å². The number of hydrogen-bond donors (Lipinski definition) is 1. The van der Waals surface area contributed by atoms with Crippen molar-refractivity contribution in [2.24, 2.45) is 0 Å². The molecule has 1 unspecified atom stereocenters. The summed E-state index contributed by atoms with van der Waals surface area (Å²) in [6.45, 7) is 2.78. The summed E-state index contributed by atoms with van der Waals surface area (Å²) in [5.41, 5.74) is 1.91. The second kappa shape index (κ2) is 9.29. The van der Waals surface area contributed by atoms with Gasteiger partial charge in [0.2, 0.25) is 0 Å². The van der Waals surface area contributed by atoms with Gasteiger partial charge in [0.1, 0.15) is 0 Å². The first kappa shape index (κ1) is 21.6. The van der Waals surface area contributed by atoms with Crippen LogP contribution in [0.15, 0.2) is 66.0 Å². The van der Waals surface area contributed by atoms with Gasteiger partial charge in [0.15, 0.2) is 0 Å². The molecule has 33 heavy (non-hydrogen) atoms. The summed E-state index contributed by atoms with van der Waals surface area (Å²) in [4.78, 5) is 43.6. The highest BCUT2D eigenvalue weighted by Gasteiger charge is 2.36. The maximum atomic E-state index is 13.0. The molecule has 1 aromatic heterocycles. The molecule has 5 rings (SSSR count). The lowest BCUT2D eigenvalue weighted by molar-refractivity contribution is 0.0642. The highest BCUT2D eigenvalue weighted by Crippen LogP contribution is 2.29. The van der Waals surface area contributed by atoms with Gasteiger partial charge in [-0.15, -0.1) is 11.3 Å². The number of amides is 3. The van der Waals surface area contributed by atoms with Crippen LogP contribution in [-0.2, 0) is 6.54 Å². The van der Waals surface area contributed by atoms with Crippen LogP contribution in [0.3, 0.4) is 0 Å². The number of rotatable bonds is 7. The minimum absolute atomic E-state index is 0.149. The maximum absolute atomic E-state index is 13.0. The Kier molecular flexibility index (Phi) is 6.07. The van der Waals surface area contributed by atoms with E-state index in [4.69, 9.17) is 0 Å². The van der Waals surface area contributed by atoms with Crippen molar-refractivity contribution < 1.29 is 14.4 Å². The van der Waals surface area contributed by atoms with Gasteiger partial charge in [-0.3, -0.25) is 24.2 Å². The fourth-order valence-electron chi connectivity index (χ4n) is 4.58. The number of thiophene rings is 1. The van der Waals surface area contributed by atoms with Gasteiger partial charge < -0.3 is 5.32 Å². The molecule has 2 aromatic carbocycles. The number of nitrogens with one attached hydrogen (secondary N) is 1. The molecule has 7 heteroatoms. The average Bonchev–Trinajstić information content (AvgIpc) is 3.60. The van der Waals surface area contributed by atoms with Crippen molar-refractivity contribution in [3.05, 3.63) is 93.2 Å². The normalized spacial score (nSPS) is 16.8. The molecule has 0 aliphatic carbocycles. The van der Waals surface area contributed by atoms with E-state index in [-0.39, 0.29) is 35.9 Å². The third kappa shape index (κ3) is 4.34. The molecular formula is C26H25N3O3S. The number of nitrogens with zero attached hydrogens (tertiary/aromatic N) is 2. The second-order valence-corrected chi connectivity index (χ2v) is 9.41. The van der Waals surface area contributed by atoms with E-state index in [1.165, 1.54) is 22.6 Å². The van der Waals surface area contributed by atoms with Gasteiger partial charge in [0.25, 0.3) is 17.7 Å². The lowest BCUT2D eigenvalue weighted by Gasteiger charge is -2.27. The van der Waals surface area contributed by atoms with Crippen molar-refractivity contribution in [2.75, 3.05) is 19.6 Å². The standard InChI is InChI=1S/C26H25N3O3S/c30-24(27-16-22(23-9-6-14-33-23)28-12-4-5-13-28)19-10-11-20-21(15-19)26(32)29(25(20)31)17-18-7-2-1-3-8-18/h1-3,6-11,14-15,22H,4-5,12-13,16-17H2,(H,27,30). The van der Waals surface area contributed by atoms with Crippen LogP contribution in [0.1, 0.15) is 60.4 Å². The van der Waals surface area contributed by atoms with Crippen molar-refractivity contribution in [1.29, 1.82) is 0 Å². The molecule has 1 N–H and O–H groups in total. The molecule has 2 aliphatic rings. The number of carbonyl (C=O) groups excluding carboxylic acids is 3. The summed E-state index contributed by atoms with van der Waals surface area (Å²) < 4.78 is 0. The molecular weight excluding hydrogens is 434 g/mol. The zero-order chi connectivity index (χ0) is 22.8. The van der Waals surface area contributed by atoms with Gasteiger partial charge in [-0.2, -0.15) is 0 Å². The molecule has 3 aromatic rings. The highest BCUT2D eigenvalue weighted by molar-refractivity contribution is 7.10. The smallest absolute Gasteiger partial charge is 0.261 e. The van der Waals surface area contributed by atoms with Crippen LogP contribution in [0, 0.1) is 0 Å². The van der Waals surface area contributed by atoms with Crippen LogP contribution in [-0.4, -0.2) is 47.2 Å². The molecule has 0 radical (unpaired) electrons. The van der Waals surface area contributed by atoms with Crippen molar-refractivity contribution in [2.45, 2.75) is 25.4 Å². The number of imide groups is 1. The third-order valence-electron chi connectivity index (χ3n) is 6.33. The van der Waals surface area contributed by atoms with E-state index in [0.717, 1.165) is 18.7 Å². The first-order valence-corrected chi connectivity index (χ1v) is 12.1. The number of likely N-dealkylation sites (tertiary alicyclic amines) is 1. The van der Waals surface area contributed by atoms with Gasteiger partial charge in [-0.25, -0.2) is 0 Å². The van der Waals surface area contributed by atoms with Crippen LogP contribution in [0.4, 0.5) is 0 Å². The molecule has 6 nitrogen and oxygen atoms in total. The summed E-state index contributed by atoms with van der Waals surface area (Å²) in [6, 6.07) is 18.5. The van der Waals surface area contributed by atoms with Gasteiger partial charge in [0, 0.05) is 17.0 Å². The summed E-state index contributed by atoms with van der Waals surface area (Å²) in [7, 11) is 0. The zero-order valence-corrected chi connectivity index (χ0v) is 19.0. The predicted molar refractivity (Wildman–Crippen MR) is 127 cm³/mol. The number of fused-ring (bicyclic) bond motifs is 1. The first-order valence-electron chi connectivity index (χ1n) is 11.2. The second-order valence-electron chi connectivity index (χ2n) is 8.43. The molecule has 3 heterocycles. The fraction of sp³-hybridized carbons (Fsp3) is 0.269. The predicted octanol–water partition coefficient (Wildman–Crippen LogP) is 4.11. The Morgan fingerprint density at radius 2 is 1.70 bits per heavy atom. The molecule has 0 saturated carbocycles. The Labute approximate surface area is 196 Å². The third-order valence-corrected chi connectivity index (χ3v) is 7.30. The maximum Gasteiger partial charge on any atom is 0.261 e. The number of carbonyl (C=O) groups is 3. The minimum Gasteiger partial charge on any atom is -0.350 e. The SMILES string of the molecule is O=C(NCC(c1cccs1)N1CCCC1)c1ccc2c(c1)C(=O)N(Cc1ccccc1)C2=O. The summed E-state index contributed by atoms with van der Waals surface area (Å²) in [5, 5.41) is 5.11. The quantitative estimate of drug-likeness (QED) is 0.540. The largest absolute Gasteiger partial charge is 0.350 e. The average molecular weight is 460 g/mol. The lowest BCUT2D eigenvalue weighted by atomic mass is 10.1. The lowest BCUT2D eigenvalue weighted by Crippen LogP contribution is -2.36. The van der Waals surface area contributed by atoms with Gasteiger partial charge >= 0.3 is 0 Å². The van der Waals surface area contributed by atoms with Crippen molar-refractivity contribution >= 4 is 29.1 Å². The Hall–Kier alpha value is -3.29. The molecule has 1 saturated heterocycles. The Bertz CT molecular complexity index is 1170. The first-order chi connectivity index (χ1) is 16.1. The van der Waals surface area contributed by atoms with E-state index in [1.807, 2.05) is 36.4 Å². The Morgan fingerprint density at radius 3 is 2.42 bits per heavy atom. The monoisotopic (exact) mass is 459 g/mol. The Morgan fingerprint density at radius 1 is 0.939 bits per heavy atom. The van der Waals surface area contributed by atoms with Crippen molar-refractivity contribution in [1.82, 2.24) is 15.1 Å². The van der Waals surface area contributed by atoms with Crippen LogP contribution >= 0.6 is 11.3 Å². The fourth-order valence-corrected chi connectivity index (χ4v) is 5.44. The van der Waals surface area contributed by atoms with Crippen LogP contribution < -0.4 is 5.32 Å². The molecule has 0 spiro atoms. The summed E-state index contributed by atoms with van der Waals surface area (Å²) in [6.07, 6.45) is 2.35. The van der Waals surface area contributed by atoms with E-state index in [9.17, 15) is 14.4 Å². The highest BCUT2D eigenvalue weighted by atomic mass is 32.1. The topological polar surface area (TPSA) is 69.7 Å². The molecule has 1 atom stereocenters. The molecule has 3 amide bonds. The summed E-state index contributed by atoms with van der Waals surface area (Å²) >= 11 is 1.70. The van der Waals surface area contributed by atoms with E-state index < -0.39 is 0 Å². The van der Waals surface area contributed by atoms with Crippen LogP contribution in [0.5, 0.6) is 0 Å². The molecule has 0 bridgehead atoms. The molecule has 1 fully saturated rings. The summed E-state index contributed by atoms with van der Waals surface area (Å²) in [5.74, 6) is -0.917. The van der Waals surface area contributed by atoms with Gasteiger partial charge in [0.05, 0.1) is 23.7 Å². The van der Waals surface area contributed by atoms with E-state index in [0.29, 0.717) is 17.7 Å². The van der Waals surface area contributed by atoms with Crippen molar-refractivity contribution in [3.8, 4) is 0 Å². The number of benzene rings is 2. The van der Waals surface area contributed by atoms with Gasteiger partial charge in [-0.1, -0.05) is 36.4 Å². The van der Waals surface area contributed by atoms with Crippen LogP contribution in [0.25, 0.3) is 0 Å². The molecule has 2 aliphatic heterocycles. The van der Waals surface area contributed by atoms with Gasteiger partial charge in [-0.05, 0) is 61.1 Å². The van der Waals surface area contributed by atoms with E-state index in [1.54, 1.807) is 29.5 Å². The van der Waals surface area contributed by atoms with E-state index >= 15 is 0 Å². The van der Waals surface area contributed by atoms with Crippen LogP contribution in [0.2, 0.25) is 0 Å².